The smallest absolute Gasteiger partial charge is 0.261 e. The zero-order valence-electron chi connectivity index (χ0n) is 16.3. The molecule has 1 N–H and O–H groups in total. The van der Waals surface area contributed by atoms with Crippen LogP contribution < -0.4 is 5.32 Å². The van der Waals surface area contributed by atoms with Crippen molar-refractivity contribution in [1.82, 2.24) is 19.5 Å². The maximum Gasteiger partial charge on any atom is 0.261 e. The predicted molar refractivity (Wildman–Crippen MR) is 116 cm³/mol. The van der Waals surface area contributed by atoms with E-state index in [-0.39, 0.29) is 36.6 Å². The Morgan fingerprint density at radius 2 is 1.65 bits per heavy atom. The van der Waals surface area contributed by atoms with E-state index in [0.717, 1.165) is 11.3 Å². The Labute approximate surface area is 181 Å². The average Bonchev–Trinajstić information content (AvgIpc) is 3.42. The number of fused-ring (bicyclic) bond motifs is 2. The van der Waals surface area contributed by atoms with Crippen LogP contribution in [-0.4, -0.2) is 43.8 Å². The number of anilines is 1. The van der Waals surface area contributed by atoms with Gasteiger partial charge in [-0.05, 0) is 18.6 Å². The van der Waals surface area contributed by atoms with Crippen LogP contribution in [0.4, 0.5) is 5.95 Å². The first kappa shape index (κ1) is 19.1. The third-order valence-corrected chi connectivity index (χ3v) is 5.88. The monoisotopic (exact) mass is 431 g/mol. The van der Waals surface area contributed by atoms with E-state index >= 15 is 0 Å². The number of benzene rings is 2. The van der Waals surface area contributed by atoms with Crippen molar-refractivity contribution in [3.05, 3.63) is 71.1 Å². The summed E-state index contributed by atoms with van der Waals surface area (Å²) < 4.78 is 1.70. The van der Waals surface area contributed by atoms with Crippen LogP contribution >= 0.6 is 11.3 Å². The van der Waals surface area contributed by atoms with Crippen molar-refractivity contribution in [3.63, 3.8) is 0 Å². The minimum absolute atomic E-state index is 0.145. The predicted octanol–water partition coefficient (Wildman–Crippen LogP) is 3.47. The van der Waals surface area contributed by atoms with Crippen molar-refractivity contribution in [2.24, 2.45) is 0 Å². The van der Waals surface area contributed by atoms with E-state index < -0.39 is 0 Å². The van der Waals surface area contributed by atoms with Crippen LogP contribution in [0, 0.1) is 0 Å². The van der Waals surface area contributed by atoms with Crippen LogP contribution in [0.15, 0.2) is 60.0 Å². The lowest BCUT2D eigenvalue weighted by Gasteiger charge is -2.13. The first-order chi connectivity index (χ1) is 15.1. The second-order valence-corrected chi connectivity index (χ2v) is 7.91. The molecule has 0 spiro atoms. The highest BCUT2D eigenvalue weighted by atomic mass is 32.1. The van der Waals surface area contributed by atoms with E-state index in [4.69, 9.17) is 0 Å². The van der Waals surface area contributed by atoms with Gasteiger partial charge in [0, 0.05) is 23.9 Å². The van der Waals surface area contributed by atoms with Gasteiger partial charge >= 0.3 is 0 Å². The Balaban J connectivity index is 1.20. The molecule has 4 aromatic rings. The number of carbonyl (C=O) groups excluding carboxylic acids is 3. The Hall–Kier alpha value is -3.85. The van der Waals surface area contributed by atoms with Gasteiger partial charge in [0.25, 0.3) is 11.8 Å². The molecule has 0 atom stereocenters. The molecule has 3 amide bonds. The molecule has 1 aliphatic rings. The molecule has 0 unspecified atom stereocenters. The second kappa shape index (κ2) is 7.77. The highest BCUT2D eigenvalue weighted by Crippen LogP contribution is 2.26. The summed E-state index contributed by atoms with van der Waals surface area (Å²) in [4.78, 5) is 43.3. The number of imide groups is 1. The molecule has 154 valence electrons. The van der Waals surface area contributed by atoms with Crippen LogP contribution in [0.3, 0.4) is 0 Å². The fraction of sp³-hybridized carbons (Fsp3) is 0.136. The summed E-state index contributed by atoms with van der Waals surface area (Å²) in [7, 11) is 0. The van der Waals surface area contributed by atoms with Gasteiger partial charge in [-0.2, -0.15) is 4.98 Å². The van der Waals surface area contributed by atoms with Crippen molar-refractivity contribution < 1.29 is 14.4 Å². The lowest BCUT2D eigenvalue weighted by molar-refractivity contribution is -0.116. The molecule has 0 saturated heterocycles. The van der Waals surface area contributed by atoms with Gasteiger partial charge in [-0.1, -0.05) is 42.5 Å². The van der Waals surface area contributed by atoms with Crippen molar-refractivity contribution in [3.8, 4) is 11.3 Å². The van der Waals surface area contributed by atoms with Gasteiger partial charge in [0.1, 0.15) is 0 Å². The maximum absolute atomic E-state index is 12.4. The van der Waals surface area contributed by atoms with Crippen LogP contribution in [0.1, 0.15) is 33.6 Å². The third kappa shape index (κ3) is 3.49. The molecule has 2 aromatic carbocycles. The summed E-state index contributed by atoms with van der Waals surface area (Å²) in [5, 5.41) is 9.06. The van der Waals surface area contributed by atoms with Gasteiger partial charge in [0.15, 0.2) is 0 Å². The van der Waals surface area contributed by atoms with Gasteiger partial charge in [0.2, 0.25) is 16.8 Å². The van der Waals surface area contributed by atoms with E-state index in [2.05, 4.69) is 15.4 Å². The molecule has 0 saturated carbocycles. The van der Waals surface area contributed by atoms with Crippen molar-refractivity contribution in [1.29, 1.82) is 0 Å². The highest BCUT2D eigenvalue weighted by molar-refractivity contribution is 7.15. The van der Waals surface area contributed by atoms with Gasteiger partial charge in [0.05, 0.1) is 16.8 Å². The fourth-order valence-electron chi connectivity index (χ4n) is 3.57. The normalized spacial score (nSPS) is 13.1. The van der Waals surface area contributed by atoms with Gasteiger partial charge in [-0.3, -0.25) is 24.6 Å². The SMILES string of the molecule is O=C(CCCN1C(=O)c2ccccc2C1=O)Nc1nc2scc(-c3ccccc3)n2n1. The van der Waals surface area contributed by atoms with Crippen LogP contribution in [0.25, 0.3) is 16.2 Å². The van der Waals surface area contributed by atoms with Gasteiger partial charge in [-0.25, -0.2) is 4.52 Å². The number of nitrogens with zero attached hydrogens (tertiary/aromatic N) is 4. The van der Waals surface area contributed by atoms with E-state index in [1.54, 1.807) is 28.8 Å². The molecule has 31 heavy (non-hydrogen) atoms. The molecule has 0 aliphatic carbocycles. The highest BCUT2D eigenvalue weighted by Gasteiger charge is 2.34. The Kier molecular flexibility index (Phi) is 4.79. The van der Waals surface area contributed by atoms with E-state index in [1.165, 1.54) is 16.2 Å². The molecule has 0 fully saturated rings. The number of rotatable bonds is 6. The molecule has 9 heteroatoms. The Morgan fingerprint density at radius 1 is 0.968 bits per heavy atom. The molecule has 5 rings (SSSR count). The van der Waals surface area contributed by atoms with E-state index in [9.17, 15) is 14.4 Å². The first-order valence-corrected chi connectivity index (χ1v) is 10.6. The van der Waals surface area contributed by atoms with Crippen molar-refractivity contribution >= 4 is 40.0 Å². The quantitative estimate of drug-likeness (QED) is 0.472. The number of aromatic nitrogens is 3. The number of hydrogen-bond acceptors (Lipinski definition) is 6. The largest absolute Gasteiger partial charge is 0.293 e. The van der Waals surface area contributed by atoms with Gasteiger partial charge < -0.3 is 0 Å². The summed E-state index contributed by atoms with van der Waals surface area (Å²) in [6.07, 6.45) is 0.501. The third-order valence-electron chi connectivity index (χ3n) is 5.07. The Morgan fingerprint density at radius 3 is 2.35 bits per heavy atom. The number of amides is 3. The summed E-state index contributed by atoms with van der Waals surface area (Å²) in [5.74, 6) is -0.665. The molecule has 8 nitrogen and oxygen atoms in total. The second-order valence-electron chi connectivity index (χ2n) is 7.08. The van der Waals surface area contributed by atoms with E-state index in [1.807, 2.05) is 35.7 Å². The average molecular weight is 431 g/mol. The number of carbonyl (C=O) groups is 3. The summed E-state index contributed by atoms with van der Waals surface area (Å²) in [6, 6.07) is 16.6. The lowest BCUT2D eigenvalue weighted by Crippen LogP contribution is -2.31. The minimum atomic E-state index is -0.314. The number of nitrogens with one attached hydrogen (secondary N) is 1. The zero-order valence-corrected chi connectivity index (χ0v) is 17.1. The standard InChI is InChI=1S/C22H17N5O3S/c28-18(11-6-12-26-19(29)15-9-4-5-10-16(15)20(26)30)23-21-24-22-27(25-21)17(13-31-22)14-7-2-1-3-8-14/h1-5,7-10,13H,6,11-12H2,(H,23,25,28). The fourth-order valence-corrected chi connectivity index (χ4v) is 4.40. The van der Waals surface area contributed by atoms with Crippen molar-refractivity contribution in [2.75, 3.05) is 11.9 Å². The summed E-state index contributed by atoms with van der Waals surface area (Å²) in [5.41, 5.74) is 2.73. The van der Waals surface area contributed by atoms with Crippen LogP contribution in [-0.2, 0) is 4.79 Å². The topological polar surface area (TPSA) is 96.7 Å². The Bertz CT molecular complexity index is 1280. The summed E-state index contributed by atoms with van der Waals surface area (Å²) >= 11 is 1.44. The van der Waals surface area contributed by atoms with E-state index in [0.29, 0.717) is 22.5 Å². The van der Waals surface area contributed by atoms with Gasteiger partial charge in [-0.15, -0.1) is 16.4 Å². The zero-order chi connectivity index (χ0) is 21.4. The number of thiazole rings is 1. The summed E-state index contributed by atoms with van der Waals surface area (Å²) in [6.45, 7) is 0.184. The molecule has 2 aromatic heterocycles. The number of hydrogen-bond donors (Lipinski definition) is 1. The molecule has 0 radical (unpaired) electrons. The molecule has 0 bridgehead atoms. The van der Waals surface area contributed by atoms with Crippen LogP contribution in [0.2, 0.25) is 0 Å². The van der Waals surface area contributed by atoms with Crippen molar-refractivity contribution in [2.45, 2.75) is 12.8 Å². The molecular weight excluding hydrogens is 414 g/mol. The molecule has 3 heterocycles. The maximum atomic E-state index is 12.4. The van der Waals surface area contributed by atoms with Crippen LogP contribution in [0.5, 0.6) is 0 Å². The first-order valence-electron chi connectivity index (χ1n) is 9.76. The molecular formula is C22H17N5O3S. The molecule has 1 aliphatic heterocycles. The lowest BCUT2D eigenvalue weighted by atomic mass is 10.1. The minimum Gasteiger partial charge on any atom is -0.293 e.